The van der Waals surface area contributed by atoms with Gasteiger partial charge in [0.25, 0.3) is 5.91 Å². The highest BCUT2D eigenvalue weighted by Gasteiger charge is 2.47. The van der Waals surface area contributed by atoms with E-state index in [1.807, 2.05) is 33.9 Å². The number of nitrogens with one attached hydrogen (secondary N) is 1. The van der Waals surface area contributed by atoms with Gasteiger partial charge >= 0.3 is 0 Å². The van der Waals surface area contributed by atoms with Crippen LogP contribution in [0.1, 0.15) is 18.7 Å². The van der Waals surface area contributed by atoms with Crippen LogP contribution in [-0.2, 0) is 21.7 Å². The maximum absolute atomic E-state index is 13.2. The fourth-order valence-corrected chi connectivity index (χ4v) is 4.33. The fraction of sp³-hybridized carbons (Fsp3) is 0.364. The molecular weight excluding hydrogens is 415 g/mol. The Morgan fingerprint density at radius 2 is 2.03 bits per heavy atom. The summed E-state index contributed by atoms with van der Waals surface area (Å²) >= 11 is 0. The largest absolute Gasteiger partial charge is 0.497 e. The van der Waals surface area contributed by atoms with E-state index in [4.69, 9.17) is 9.47 Å². The molecule has 4 heterocycles. The van der Waals surface area contributed by atoms with E-state index in [0.29, 0.717) is 49.9 Å². The molecule has 2 aliphatic heterocycles. The Morgan fingerprint density at radius 3 is 2.78 bits per heavy atom. The average molecular weight is 438 g/mol. The first-order chi connectivity index (χ1) is 15.6. The summed E-state index contributed by atoms with van der Waals surface area (Å²) in [6, 6.07) is 7.21. The molecule has 1 amide bonds. The number of rotatable bonds is 4. The number of amides is 1. The zero-order valence-electron chi connectivity index (χ0n) is 17.6. The molecule has 2 aromatic heterocycles. The number of piperidine rings is 1. The summed E-state index contributed by atoms with van der Waals surface area (Å²) in [6.45, 7) is 1.59. The molecule has 5 rings (SSSR count). The molecule has 1 atom stereocenters. The summed E-state index contributed by atoms with van der Waals surface area (Å²) in [5.74, 6) is 1.28. The lowest BCUT2D eigenvalue weighted by Gasteiger charge is -2.45. The van der Waals surface area contributed by atoms with Gasteiger partial charge < -0.3 is 24.3 Å². The maximum atomic E-state index is 13.2. The van der Waals surface area contributed by atoms with Crippen molar-refractivity contribution in [1.82, 2.24) is 19.5 Å². The Bertz CT molecular complexity index is 1110. The molecule has 1 N–H and O–H groups in total. The summed E-state index contributed by atoms with van der Waals surface area (Å²) in [4.78, 5) is 27.7. The summed E-state index contributed by atoms with van der Waals surface area (Å²) in [6.07, 6.45) is 6.47. The molecule has 1 saturated heterocycles. The molecule has 1 fully saturated rings. The first kappa shape index (κ1) is 20.4. The van der Waals surface area contributed by atoms with Crippen LogP contribution in [0.5, 0.6) is 5.75 Å². The first-order valence-electron chi connectivity index (χ1n) is 10.4. The van der Waals surface area contributed by atoms with E-state index in [1.54, 1.807) is 19.4 Å². The Balaban J connectivity index is 1.33. The number of ether oxygens (including phenoxy) is 2. The number of halogens is 1. The molecule has 9 nitrogen and oxygen atoms in total. The van der Waals surface area contributed by atoms with Crippen LogP contribution in [0, 0.1) is 5.82 Å². The summed E-state index contributed by atoms with van der Waals surface area (Å²) < 4.78 is 26.8. The molecule has 1 unspecified atom stereocenters. The number of hydrogen-bond donors (Lipinski definition) is 1. The topological polar surface area (TPSA) is 94.4 Å². The normalized spacial score (nSPS) is 19.4. The summed E-state index contributed by atoms with van der Waals surface area (Å²) in [7, 11) is 1.58. The van der Waals surface area contributed by atoms with E-state index < -0.39 is 17.5 Å². The van der Waals surface area contributed by atoms with E-state index in [9.17, 15) is 9.18 Å². The van der Waals surface area contributed by atoms with Gasteiger partial charge in [-0.15, -0.1) is 0 Å². The molecule has 0 bridgehead atoms. The van der Waals surface area contributed by atoms with Crippen molar-refractivity contribution < 1.29 is 18.7 Å². The van der Waals surface area contributed by atoms with Crippen molar-refractivity contribution in [3.8, 4) is 5.75 Å². The van der Waals surface area contributed by atoms with E-state index >= 15 is 0 Å². The molecule has 32 heavy (non-hydrogen) atoms. The second-order valence-electron chi connectivity index (χ2n) is 7.91. The lowest BCUT2D eigenvalue weighted by atomic mass is 9.88. The van der Waals surface area contributed by atoms with Crippen LogP contribution >= 0.6 is 0 Å². The second-order valence-corrected chi connectivity index (χ2v) is 7.91. The Hall–Kier alpha value is -3.53. The van der Waals surface area contributed by atoms with Gasteiger partial charge in [-0.2, -0.15) is 0 Å². The number of carbonyl (C=O) groups is 1. The van der Waals surface area contributed by atoms with E-state index in [-0.39, 0.29) is 5.91 Å². The van der Waals surface area contributed by atoms with Crippen LogP contribution in [0.3, 0.4) is 0 Å². The predicted octanol–water partition coefficient (Wildman–Crippen LogP) is 2.35. The number of fused-ring (bicyclic) bond motifs is 2. The van der Waals surface area contributed by atoms with Crippen LogP contribution in [0.2, 0.25) is 0 Å². The number of carbonyl (C=O) groups excluding carboxylic acids is 1. The highest BCUT2D eigenvalue weighted by molar-refractivity contribution is 5.94. The number of benzene rings is 1. The van der Waals surface area contributed by atoms with Crippen molar-refractivity contribution >= 4 is 17.5 Å². The van der Waals surface area contributed by atoms with Gasteiger partial charge in [0.15, 0.2) is 11.9 Å². The van der Waals surface area contributed by atoms with Gasteiger partial charge in [-0.05, 0) is 12.1 Å². The number of imidazole rings is 1. The van der Waals surface area contributed by atoms with Gasteiger partial charge in [0.1, 0.15) is 17.2 Å². The Labute approximate surface area is 184 Å². The van der Waals surface area contributed by atoms with Crippen molar-refractivity contribution in [3.63, 3.8) is 0 Å². The van der Waals surface area contributed by atoms with Crippen molar-refractivity contribution in [3.05, 3.63) is 60.7 Å². The van der Waals surface area contributed by atoms with Crippen molar-refractivity contribution in [2.24, 2.45) is 0 Å². The minimum Gasteiger partial charge on any atom is -0.497 e. The molecule has 1 spiro atoms. The third kappa shape index (κ3) is 3.77. The van der Waals surface area contributed by atoms with Gasteiger partial charge in [0, 0.05) is 50.1 Å². The molecule has 2 aliphatic rings. The van der Waals surface area contributed by atoms with E-state index in [2.05, 4.69) is 20.3 Å². The van der Waals surface area contributed by atoms with Gasteiger partial charge in [0.05, 0.1) is 26.0 Å². The van der Waals surface area contributed by atoms with Gasteiger partial charge in [-0.1, -0.05) is 6.07 Å². The Morgan fingerprint density at radius 1 is 1.25 bits per heavy atom. The van der Waals surface area contributed by atoms with Gasteiger partial charge in [0.2, 0.25) is 5.95 Å². The third-order valence-corrected chi connectivity index (χ3v) is 5.94. The molecular formula is C22H23FN6O3. The fourth-order valence-electron chi connectivity index (χ4n) is 4.33. The molecule has 10 heteroatoms. The number of hydrogen-bond acceptors (Lipinski definition) is 7. The highest BCUT2D eigenvalue weighted by Crippen LogP contribution is 2.40. The Kier molecular flexibility index (Phi) is 5.22. The molecule has 3 aromatic rings. The maximum Gasteiger partial charge on any atom is 0.255 e. The minimum atomic E-state index is -0.686. The summed E-state index contributed by atoms with van der Waals surface area (Å²) in [5, 5.41) is 2.93. The zero-order chi connectivity index (χ0) is 22.1. The molecule has 166 valence electrons. The van der Waals surface area contributed by atoms with Crippen molar-refractivity contribution in [1.29, 1.82) is 0 Å². The average Bonchev–Trinajstić information content (AvgIpc) is 3.30. The molecule has 1 aromatic carbocycles. The molecule has 0 aliphatic carbocycles. The van der Waals surface area contributed by atoms with Gasteiger partial charge in [-0.3, -0.25) is 4.79 Å². The van der Waals surface area contributed by atoms with Crippen LogP contribution in [-0.4, -0.2) is 51.7 Å². The van der Waals surface area contributed by atoms with Crippen molar-refractivity contribution in [2.45, 2.75) is 31.1 Å². The van der Waals surface area contributed by atoms with E-state index in [0.717, 1.165) is 18.2 Å². The molecule has 0 saturated carbocycles. The highest BCUT2D eigenvalue weighted by atomic mass is 19.1. The van der Waals surface area contributed by atoms with Crippen LogP contribution in [0.15, 0.2) is 49.1 Å². The lowest BCUT2D eigenvalue weighted by molar-refractivity contribution is -0.162. The third-order valence-electron chi connectivity index (χ3n) is 5.94. The zero-order valence-corrected chi connectivity index (χ0v) is 17.6. The second kappa shape index (κ2) is 8.19. The quantitative estimate of drug-likeness (QED) is 0.668. The van der Waals surface area contributed by atoms with E-state index in [1.165, 1.54) is 0 Å². The number of anilines is 2. The van der Waals surface area contributed by atoms with Crippen LogP contribution in [0.25, 0.3) is 0 Å². The van der Waals surface area contributed by atoms with Crippen LogP contribution < -0.4 is 15.0 Å². The SMILES string of the molecule is COc1cccc(NC(=O)C2Cn3ccnc3C3(CCN(c4ncc(F)cn4)CC3)O2)c1. The predicted molar refractivity (Wildman–Crippen MR) is 114 cm³/mol. The van der Waals surface area contributed by atoms with Gasteiger partial charge in [-0.25, -0.2) is 19.3 Å². The lowest BCUT2D eigenvalue weighted by Crippen LogP contribution is -2.53. The smallest absolute Gasteiger partial charge is 0.255 e. The number of nitrogens with zero attached hydrogens (tertiary/aromatic N) is 5. The number of methoxy groups -OCH3 is 1. The monoisotopic (exact) mass is 438 g/mol. The van der Waals surface area contributed by atoms with Crippen LogP contribution in [0.4, 0.5) is 16.0 Å². The minimum absolute atomic E-state index is 0.221. The molecule has 0 radical (unpaired) electrons. The number of aromatic nitrogens is 4. The standard InChI is InChI=1S/C22H23FN6O3/c1-31-17-4-2-3-16(11-17)27-19(30)18-14-29-10-7-24-20(29)22(32-18)5-8-28(9-6-22)21-25-12-15(23)13-26-21/h2-4,7,10-13,18H,5-6,8-9,14H2,1H3,(H,27,30). The first-order valence-corrected chi connectivity index (χ1v) is 10.4. The summed E-state index contributed by atoms with van der Waals surface area (Å²) in [5.41, 5.74) is -0.0408. The van der Waals surface area contributed by atoms with Crippen molar-refractivity contribution in [2.75, 3.05) is 30.4 Å².